The molecule has 0 radical (unpaired) electrons. The Morgan fingerprint density at radius 2 is 1.21 bits per heavy atom. The molecule has 0 atom stereocenters. The van der Waals surface area contributed by atoms with E-state index < -0.39 is 0 Å². The fourth-order valence-electron chi connectivity index (χ4n) is 7.21. The molecule has 28 heavy (non-hydrogen) atoms. The SMILES string of the molecule is CN(CC(c1ccccc1)c1ccccc1)CC12CC3CC(CC(C3)C1)C2.Cl. The van der Waals surface area contributed by atoms with Crippen LogP contribution in [-0.4, -0.2) is 25.0 Å². The van der Waals surface area contributed by atoms with E-state index >= 15 is 0 Å². The standard InChI is InChI=1S/C26H33N.ClH/c1-27(19-26-15-20-12-21(16-26)14-22(13-20)17-26)18-25(23-8-4-2-5-9-23)24-10-6-3-7-11-24;/h2-11,20-22,25H,12-19H2,1H3;1H. The molecule has 0 spiro atoms. The minimum absolute atomic E-state index is 0. The van der Waals surface area contributed by atoms with E-state index in [0.717, 1.165) is 24.3 Å². The van der Waals surface area contributed by atoms with Gasteiger partial charge in [-0.05, 0) is 79.9 Å². The minimum atomic E-state index is 0. The lowest BCUT2D eigenvalue weighted by Crippen LogP contribution is -2.51. The van der Waals surface area contributed by atoms with Crippen molar-refractivity contribution in [2.24, 2.45) is 23.2 Å². The smallest absolute Gasteiger partial charge is 0.0217 e. The summed E-state index contributed by atoms with van der Waals surface area (Å²) >= 11 is 0. The Balaban J connectivity index is 0.00000192. The lowest BCUT2D eigenvalue weighted by Gasteiger charge is -2.57. The van der Waals surface area contributed by atoms with Crippen LogP contribution in [0.25, 0.3) is 0 Å². The third kappa shape index (κ3) is 4.02. The molecule has 4 aliphatic rings. The van der Waals surface area contributed by atoms with Crippen LogP contribution in [-0.2, 0) is 0 Å². The van der Waals surface area contributed by atoms with Gasteiger partial charge in [-0.2, -0.15) is 0 Å². The molecule has 0 aliphatic heterocycles. The van der Waals surface area contributed by atoms with Crippen molar-refractivity contribution in [3.05, 3.63) is 71.8 Å². The Morgan fingerprint density at radius 1 is 0.786 bits per heavy atom. The van der Waals surface area contributed by atoms with E-state index in [2.05, 4.69) is 72.6 Å². The molecule has 150 valence electrons. The molecule has 4 aliphatic carbocycles. The molecule has 0 aromatic heterocycles. The molecule has 4 saturated carbocycles. The Kier molecular flexibility index (Phi) is 5.86. The van der Waals surface area contributed by atoms with E-state index in [0.29, 0.717) is 11.3 Å². The highest BCUT2D eigenvalue weighted by molar-refractivity contribution is 5.85. The normalized spacial score (nSPS) is 30.6. The lowest BCUT2D eigenvalue weighted by molar-refractivity contribution is -0.0663. The number of likely N-dealkylation sites (N-methyl/N-ethyl adjacent to an activating group) is 1. The van der Waals surface area contributed by atoms with Crippen molar-refractivity contribution >= 4 is 12.4 Å². The van der Waals surface area contributed by atoms with Crippen molar-refractivity contribution in [2.75, 3.05) is 20.1 Å². The molecule has 4 bridgehead atoms. The zero-order chi connectivity index (χ0) is 18.3. The zero-order valence-corrected chi connectivity index (χ0v) is 17.9. The number of hydrogen-bond acceptors (Lipinski definition) is 1. The summed E-state index contributed by atoms with van der Waals surface area (Å²) in [6.07, 6.45) is 9.14. The van der Waals surface area contributed by atoms with Gasteiger partial charge >= 0.3 is 0 Å². The summed E-state index contributed by atoms with van der Waals surface area (Å²) in [4.78, 5) is 2.66. The van der Waals surface area contributed by atoms with Crippen molar-refractivity contribution in [3.63, 3.8) is 0 Å². The number of halogens is 1. The number of rotatable bonds is 6. The van der Waals surface area contributed by atoms with Crippen LogP contribution in [0.15, 0.2) is 60.7 Å². The second-order valence-electron chi connectivity index (χ2n) is 9.99. The van der Waals surface area contributed by atoms with E-state index in [1.165, 1.54) is 36.9 Å². The van der Waals surface area contributed by atoms with Crippen molar-refractivity contribution in [3.8, 4) is 0 Å². The molecule has 2 aromatic rings. The summed E-state index contributed by atoms with van der Waals surface area (Å²) < 4.78 is 0. The molecule has 4 fully saturated rings. The lowest BCUT2D eigenvalue weighted by atomic mass is 9.49. The maximum Gasteiger partial charge on any atom is 0.0217 e. The predicted molar refractivity (Wildman–Crippen MR) is 120 cm³/mol. The Hall–Kier alpha value is -1.31. The van der Waals surface area contributed by atoms with E-state index in [-0.39, 0.29) is 12.4 Å². The maximum absolute atomic E-state index is 2.66. The summed E-state index contributed by atoms with van der Waals surface area (Å²) in [5.41, 5.74) is 3.52. The van der Waals surface area contributed by atoms with Gasteiger partial charge in [0.15, 0.2) is 0 Å². The van der Waals surface area contributed by atoms with Gasteiger partial charge in [0, 0.05) is 19.0 Å². The minimum Gasteiger partial charge on any atom is -0.305 e. The largest absolute Gasteiger partial charge is 0.305 e. The van der Waals surface area contributed by atoms with Crippen LogP contribution in [0.4, 0.5) is 0 Å². The number of nitrogens with zero attached hydrogens (tertiary/aromatic N) is 1. The van der Waals surface area contributed by atoms with Crippen LogP contribution in [0.3, 0.4) is 0 Å². The highest BCUT2D eigenvalue weighted by Gasteiger charge is 2.51. The van der Waals surface area contributed by atoms with E-state index in [9.17, 15) is 0 Å². The second kappa shape index (κ2) is 8.20. The quantitative estimate of drug-likeness (QED) is 0.547. The summed E-state index contributed by atoms with van der Waals surface area (Å²) in [5, 5.41) is 0. The average Bonchev–Trinajstić information content (AvgIpc) is 2.66. The van der Waals surface area contributed by atoms with Gasteiger partial charge in [-0.3, -0.25) is 0 Å². The maximum atomic E-state index is 2.66. The molecule has 0 unspecified atom stereocenters. The molecule has 0 N–H and O–H groups in total. The van der Waals surface area contributed by atoms with Gasteiger partial charge in [-0.25, -0.2) is 0 Å². The fraction of sp³-hybridized carbons (Fsp3) is 0.538. The summed E-state index contributed by atoms with van der Waals surface area (Å²) in [7, 11) is 2.37. The van der Waals surface area contributed by atoms with Gasteiger partial charge in [-0.15, -0.1) is 12.4 Å². The molecular weight excluding hydrogens is 362 g/mol. The fourth-order valence-corrected chi connectivity index (χ4v) is 7.21. The predicted octanol–water partition coefficient (Wildman–Crippen LogP) is 6.39. The first-order chi connectivity index (χ1) is 13.2. The molecule has 1 nitrogen and oxygen atoms in total. The van der Waals surface area contributed by atoms with Crippen LogP contribution >= 0.6 is 12.4 Å². The van der Waals surface area contributed by atoms with Gasteiger partial charge in [0.05, 0.1) is 0 Å². The topological polar surface area (TPSA) is 3.24 Å². The van der Waals surface area contributed by atoms with Gasteiger partial charge in [-0.1, -0.05) is 60.7 Å². The molecule has 2 heteroatoms. The third-order valence-electron chi connectivity index (χ3n) is 7.67. The summed E-state index contributed by atoms with van der Waals surface area (Å²) in [5.74, 6) is 3.60. The Bertz CT molecular complexity index is 682. The van der Waals surface area contributed by atoms with Gasteiger partial charge < -0.3 is 4.90 Å². The Labute approximate surface area is 176 Å². The van der Waals surface area contributed by atoms with Crippen LogP contribution in [0.5, 0.6) is 0 Å². The molecule has 0 saturated heterocycles. The third-order valence-corrected chi connectivity index (χ3v) is 7.67. The zero-order valence-electron chi connectivity index (χ0n) is 17.1. The number of benzene rings is 2. The van der Waals surface area contributed by atoms with Crippen LogP contribution in [0.2, 0.25) is 0 Å². The van der Waals surface area contributed by atoms with E-state index in [4.69, 9.17) is 0 Å². The van der Waals surface area contributed by atoms with Crippen LogP contribution in [0.1, 0.15) is 55.6 Å². The monoisotopic (exact) mass is 395 g/mol. The number of hydrogen-bond donors (Lipinski definition) is 0. The average molecular weight is 396 g/mol. The second-order valence-corrected chi connectivity index (χ2v) is 9.99. The van der Waals surface area contributed by atoms with E-state index in [1.54, 1.807) is 19.3 Å². The molecule has 6 rings (SSSR count). The van der Waals surface area contributed by atoms with E-state index in [1.807, 2.05) is 0 Å². The first-order valence-electron chi connectivity index (χ1n) is 11.0. The van der Waals surface area contributed by atoms with Crippen molar-refractivity contribution in [1.82, 2.24) is 4.90 Å². The van der Waals surface area contributed by atoms with Gasteiger partial charge in [0.2, 0.25) is 0 Å². The molecule has 0 heterocycles. The first-order valence-corrected chi connectivity index (χ1v) is 11.0. The molecule has 2 aromatic carbocycles. The van der Waals surface area contributed by atoms with Crippen molar-refractivity contribution < 1.29 is 0 Å². The Morgan fingerprint density at radius 3 is 1.64 bits per heavy atom. The van der Waals surface area contributed by atoms with Crippen LogP contribution < -0.4 is 0 Å². The highest BCUT2D eigenvalue weighted by Crippen LogP contribution is 2.60. The van der Waals surface area contributed by atoms with Gasteiger partial charge in [0.25, 0.3) is 0 Å². The van der Waals surface area contributed by atoms with Crippen LogP contribution in [0, 0.1) is 23.2 Å². The van der Waals surface area contributed by atoms with Crippen molar-refractivity contribution in [1.29, 1.82) is 0 Å². The van der Waals surface area contributed by atoms with Gasteiger partial charge in [0.1, 0.15) is 0 Å². The van der Waals surface area contributed by atoms with Crippen molar-refractivity contribution in [2.45, 2.75) is 44.4 Å². The highest BCUT2D eigenvalue weighted by atomic mass is 35.5. The summed E-state index contributed by atoms with van der Waals surface area (Å²) in [6, 6.07) is 22.2. The molecule has 0 amide bonds. The summed E-state index contributed by atoms with van der Waals surface area (Å²) in [6.45, 7) is 2.42. The molecular formula is C26H34ClN. The first kappa shape index (κ1) is 20.0.